The normalized spacial score (nSPS) is 22.5. The SMILES string of the molecule is C=CCCOC(=O)C1(C)CCN(C(=O)OC(C)(C)C)C1. The van der Waals surface area contributed by atoms with Crippen molar-refractivity contribution in [3.8, 4) is 0 Å². The van der Waals surface area contributed by atoms with Crippen molar-refractivity contribution in [2.45, 2.75) is 46.1 Å². The van der Waals surface area contributed by atoms with Gasteiger partial charge in [-0.05, 0) is 40.5 Å². The monoisotopic (exact) mass is 283 g/mol. The highest BCUT2D eigenvalue weighted by molar-refractivity contribution is 5.79. The van der Waals surface area contributed by atoms with Crippen molar-refractivity contribution in [3.05, 3.63) is 12.7 Å². The molecular weight excluding hydrogens is 258 g/mol. The number of rotatable bonds is 4. The number of hydrogen-bond donors (Lipinski definition) is 0. The number of nitrogens with zero attached hydrogens (tertiary/aromatic N) is 1. The van der Waals surface area contributed by atoms with Crippen LogP contribution in [0.3, 0.4) is 0 Å². The number of carbonyl (C=O) groups excluding carboxylic acids is 2. The molecule has 1 aliphatic heterocycles. The van der Waals surface area contributed by atoms with Crippen LogP contribution in [0.2, 0.25) is 0 Å². The number of hydrogen-bond acceptors (Lipinski definition) is 4. The summed E-state index contributed by atoms with van der Waals surface area (Å²) in [7, 11) is 0. The van der Waals surface area contributed by atoms with Gasteiger partial charge >= 0.3 is 12.1 Å². The number of likely N-dealkylation sites (tertiary alicyclic amines) is 1. The van der Waals surface area contributed by atoms with Gasteiger partial charge in [0.25, 0.3) is 0 Å². The molecular formula is C15H25NO4. The van der Waals surface area contributed by atoms with Crippen LogP contribution in [-0.4, -0.2) is 42.3 Å². The lowest BCUT2D eigenvalue weighted by Crippen LogP contribution is -2.39. The van der Waals surface area contributed by atoms with Crippen LogP contribution in [0.4, 0.5) is 4.79 Å². The molecule has 0 saturated carbocycles. The predicted octanol–water partition coefficient (Wildman–Crippen LogP) is 2.75. The van der Waals surface area contributed by atoms with Crippen LogP contribution < -0.4 is 0 Å². The van der Waals surface area contributed by atoms with Gasteiger partial charge in [-0.3, -0.25) is 4.79 Å². The van der Waals surface area contributed by atoms with Crippen LogP contribution >= 0.6 is 0 Å². The molecule has 1 aliphatic rings. The molecule has 0 aromatic heterocycles. The van der Waals surface area contributed by atoms with Crippen LogP contribution in [0, 0.1) is 5.41 Å². The zero-order valence-corrected chi connectivity index (χ0v) is 12.9. The van der Waals surface area contributed by atoms with Gasteiger partial charge in [-0.25, -0.2) is 4.79 Å². The summed E-state index contributed by atoms with van der Waals surface area (Å²) in [5.41, 5.74) is -1.17. The van der Waals surface area contributed by atoms with Gasteiger partial charge in [0.05, 0.1) is 12.0 Å². The summed E-state index contributed by atoms with van der Waals surface area (Å²) in [5.74, 6) is -0.259. The largest absolute Gasteiger partial charge is 0.465 e. The third kappa shape index (κ3) is 4.54. The van der Waals surface area contributed by atoms with E-state index in [9.17, 15) is 9.59 Å². The van der Waals surface area contributed by atoms with Crippen LogP contribution in [0.1, 0.15) is 40.5 Å². The molecule has 1 fully saturated rings. The molecule has 0 bridgehead atoms. The first-order chi connectivity index (χ1) is 9.18. The second-order valence-electron chi connectivity index (χ2n) is 6.43. The number of amides is 1. The molecule has 1 rings (SSSR count). The van der Waals surface area contributed by atoms with Gasteiger partial charge in [0.15, 0.2) is 0 Å². The highest BCUT2D eigenvalue weighted by atomic mass is 16.6. The molecule has 1 unspecified atom stereocenters. The Morgan fingerprint density at radius 1 is 1.40 bits per heavy atom. The summed E-state index contributed by atoms with van der Waals surface area (Å²) >= 11 is 0. The average Bonchev–Trinajstić information content (AvgIpc) is 2.71. The van der Waals surface area contributed by atoms with Gasteiger partial charge in [-0.1, -0.05) is 6.08 Å². The number of carbonyl (C=O) groups is 2. The molecule has 0 aromatic carbocycles. The van der Waals surface area contributed by atoms with Gasteiger partial charge in [0.1, 0.15) is 5.60 Å². The Labute approximate surface area is 120 Å². The summed E-state index contributed by atoms with van der Waals surface area (Å²) in [5, 5.41) is 0. The summed E-state index contributed by atoms with van der Waals surface area (Å²) in [6, 6.07) is 0. The molecule has 0 N–H and O–H groups in total. The van der Waals surface area contributed by atoms with Crippen molar-refractivity contribution in [1.82, 2.24) is 4.90 Å². The van der Waals surface area contributed by atoms with E-state index in [0.717, 1.165) is 0 Å². The van der Waals surface area contributed by atoms with E-state index < -0.39 is 11.0 Å². The molecule has 1 amide bonds. The summed E-state index contributed by atoms with van der Waals surface area (Å²) in [4.78, 5) is 25.6. The molecule has 0 radical (unpaired) electrons. The van der Waals surface area contributed by atoms with Crippen molar-refractivity contribution in [2.24, 2.45) is 5.41 Å². The van der Waals surface area contributed by atoms with E-state index in [1.165, 1.54) is 0 Å². The Morgan fingerprint density at radius 2 is 2.05 bits per heavy atom. The molecule has 1 heterocycles. The van der Waals surface area contributed by atoms with Crippen LogP contribution in [0.25, 0.3) is 0 Å². The molecule has 0 aromatic rings. The molecule has 20 heavy (non-hydrogen) atoms. The predicted molar refractivity (Wildman–Crippen MR) is 76.3 cm³/mol. The summed E-state index contributed by atoms with van der Waals surface area (Å²) in [6.45, 7) is 12.1. The van der Waals surface area contributed by atoms with Gasteiger partial charge in [0.2, 0.25) is 0 Å². The quantitative estimate of drug-likeness (QED) is 0.452. The maximum Gasteiger partial charge on any atom is 0.410 e. The van der Waals surface area contributed by atoms with Crippen LogP contribution in [0.15, 0.2) is 12.7 Å². The van der Waals surface area contributed by atoms with Gasteiger partial charge in [-0.15, -0.1) is 6.58 Å². The highest BCUT2D eigenvalue weighted by Crippen LogP contribution is 2.32. The standard InChI is InChI=1S/C15H25NO4/c1-6-7-10-19-12(17)15(5)8-9-16(11-15)13(18)20-14(2,3)4/h6H,1,7-11H2,2-5H3. The maximum absolute atomic E-state index is 12.1. The summed E-state index contributed by atoms with van der Waals surface area (Å²) in [6.07, 6.45) is 2.56. The minimum Gasteiger partial charge on any atom is -0.465 e. The molecule has 1 atom stereocenters. The second kappa shape index (κ2) is 6.29. The highest BCUT2D eigenvalue weighted by Gasteiger charge is 2.44. The van der Waals surface area contributed by atoms with E-state index >= 15 is 0 Å². The third-order valence-corrected chi connectivity index (χ3v) is 3.17. The number of esters is 1. The van der Waals surface area contributed by atoms with Crippen molar-refractivity contribution < 1.29 is 19.1 Å². The van der Waals surface area contributed by atoms with Crippen molar-refractivity contribution in [1.29, 1.82) is 0 Å². The molecule has 1 saturated heterocycles. The van der Waals surface area contributed by atoms with E-state index in [2.05, 4.69) is 6.58 Å². The fraction of sp³-hybridized carbons (Fsp3) is 0.733. The third-order valence-electron chi connectivity index (χ3n) is 3.17. The van der Waals surface area contributed by atoms with E-state index in [4.69, 9.17) is 9.47 Å². The molecule has 5 heteroatoms. The minimum absolute atomic E-state index is 0.259. The van der Waals surface area contributed by atoms with E-state index in [1.807, 2.05) is 27.7 Å². The smallest absolute Gasteiger partial charge is 0.410 e. The van der Waals surface area contributed by atoms with Crippen molar-refractivity contribution in [2.75, 3.05) is 19.7 Å². The zero-order chi connectivity index (χ0) is 15.4. The Hall–Kier alpha value is -1.52. The minimum atomic E-state index is -0.641. The lowest BCUT2D eigenvalue weighted by atomic mass is 9.90. The Balaban J connectivity index is 2.54. The Morgan fingerprint density at radius 3 is 2.60 bits per heavy atom. The maximum atomic E-state index is 12.1. The van der Waals surface area contributed by atoms with Crippen molar-refractivity contribution in [3.63, 3.8) is 0 Å². The van der Waals surface area contributed by atoms with Crippen molar-refractivity contribution >= 4 is 12.1 Å². The first kappa shape index (κ1) is 16.5. The zero-order valence-electron chi connectivity index (χ0n) is 12.9. The average molecular weight is 283 g/mol. The first-order valence-corrected chi connectivity index (χ1v) is 6.94. The topological polar surface area (TPSA) is 55.8 Å². The van der Waals surface area contributed by atoms with Gasteiger partial charge in [-0.2, -0.15) is 0 Å². The lowest BCUT2D eigenvalue weighted by molar-refractivity contribution is -0.153. The summed E-state index contributed by atoms with van der Waals surface area (Å²) < 4.78 is 10.5. The number of ether oxygens (including phenoxy) is 2. The fourth-order valence-corrected chi connectivity index (χ4v) is 2.02. The molecule has 5 nitrogen and oxygen atoms in total. The van der Waals surface area contributed by atoms with Gasteiger partial charge < -0.3 is 14.4 Å². The van der Waals surface area contributed by atoms with Crippen LogP contribution in [0.5, 0.6) is 0 Å². The molecule has 114 valence electrons. The van der Waals surface area contributed by atoms with Gasteiger partial charge in [0, 0.05) is 13.1 Å². The second-order valence-corrected chi connectivity index (χ2v) is 6.43. The van der Waals surface area contributed by atoms with E-state index in [-0.39, 0.29) is 12.1 Å². The lowest BCUT2D eigenvalue weighted by Gasteiger charge is -2.26. The first-order valence-electron chi connectivity index (χ1n) is 6.94. The Bertz CT molecular complexity index is 386. The van der Waals surface area contributed by atoms with Crippen LogP contribution in [-0.2, 0) is 14.3 Å². The fourth-order valence-electron chi connectivity index (χ4n) is 2.02. The molecule has 0 spiro atoms. The Kier molecular flexibility index (Phi) is 5.20. The molecule has 0 aliphatic carbocycles. The van der Waals surface area contributed by atoms with E-state index in [0.29, 0.717) is 32.5 Å². The van der Waals surface area contributed by atoms with E-state index in [1.54, 1.807) is 11.0 Å².